The molecule has 3 aromatic rings. The highest BCUT2D eigenvalue weighted by atomic mass is 19.4. The summed E-state index contributed by atoms with van der Waals surface area (Å²) in [5.41, 5.74) is 7.89. The molecule has 1 heterocycles. The second kappa shape index (κ2) is 9.74. The Labute approximate surface area is 186 Å². The van der Waals surface area contributed by atoms with Crippen LogP contribution < -0.4 is 20.5 Å². The van der Waals surface area contributed by atoms with Crippen molar-refractivity contribution in [3.8, 4) is 17.2 Å². The quantitative estimate of drug-likeness (QED) is 0.466. The van der Waals surface area contributed by atoms with Crippen molar-refractivity contribution in [1.82, 2.24) is 4.98 Å². The molecule has 1 amide bonds. The van der Waals surface area contributed by atoms with Crippen LogP contribution in [-0.4, -0.2) is 24.4 Å². The molecule has 33 heavy (non-hydrogen) atoms. The van der Waals surface area contributed by atoms with Crippen molar-refractivity contribution in [1.29, 1.82) is 0 Å². The summed E-state index contributed by atoms with van der Waals surface area (Å²) in [5, 5.41) is 2.68. The van der Waals surface area contributed by atoms with Crippen molar-refractivity contribution >= 4 is 17.4 Å². The number of rotatable bonds is 7. The lowest BCUT2D eigenvalue weighted by atomic mass is 10.1. The highest BCUT2D eigenvalue weighted by Crippen LogP contribution is 2.30. The van der Waals surface area contributed by atoms with Crippen LogP contribution in [-0.2, 0) is 11.3 Å². The Kier molecular flexibility index (Phi) is 7.02. The molecule has 0 saturated heterocycles. The number of nitrogens with two attached hydrogens (primary N) is 1. The van der Waals surface area contributed by atoms with Crippen LogP contribution in [0, 0.1) is 12.7 Å². The van der Waals surface area contributed by atoms with Gasteiger partial charge in [0.05, 0.1) is 17.9 Å². The summed E-state index contributed by atoms with van der Waals surface area (Å²) in [4.78, 5) is 16.8. The number of amides is 1. The second-order valence-electron chi connectivity index (χ2n) is 6.84. The summed E-state index contributed by atoms with van der Waals surface area (Å²) in [7, 11) is 1.53. The van der Waals surface area contributed by atoms with Crippen molar-refractivity contribution in [2.24, 2.45) is 0 Å². The minimum atomic E-state index is -5.01. The molecule has 0 radical (unpaired) electrons. The molecule has 2 aromatic carbocycles. The number of aromatic nitrogens is 1. The van der Waals surface area contributed by atoms with Crippen molar-refractivity contribution in [3.05, 3.63) is 71.2 Å². The monoisotopic (exact) mass is 465 g/mol. The number of nitrogens with zero attached hydrogens (tertiary/aromatic N) is 1. The van der Waals surface area contributed by atoms with E-state index in [1.54, 1.807) is 13.0 Å². The molecule has 7 nitrogen and oxygen atoms in total. The van der Waals surface area contributed by atoms with Crippen molar-refractivity contribution in [2.45, 2.75) is 19.9 Å². The lowest BCUT2D eigenvalue weighted by Crippen LogP contribution is -2.17. The van der Waals surface area contributed by atoms with Gasteiger partial charge in [-0.15, -0.1) is 13.2 Å². The minimum Gasteiger partial charge on any atom is -0.457 e. The molecule has 11 heteroatoms. The number of benzene rings is 2. The van der Waals surface area contributed by atoms with Crippen molar-refractivity contribution < 1.29 is 36.6 Å². The molecule has 0 spiro atoms. The molecule has 0 bridgehead atoms. The summed E-state index contributed by atoms with van der Waals surface area (Å²) in [5.74, 6) is -2.38. The van der Waals surface area contributed by atoms with Crippen molar-refractivity contribution in [2.75, 3.05) is 18.2 Å². The van der Waals surface area contributed by atoms with Gasteiger partial charge in [0.25, 0.3) is 5.91 Å². The number of ether oxygens (including phenoxy) is 3. The van der Waals surface area contributed by atoms with Crippen LogP contribution in [0.4, 0.5) is 29.1 Å². The maximum Gasteiger partial charge on any atom is 0.573 e. The number of nitrogens with one attached hydrogen (secondary N) is 1. The minimum absolute atomic E-state index is 0.0377. The molecule has 0 aliphatic carbocycles. The largest absolute Gasteiger partial charge is 0.573 e. The number of methoxy groups -OCH3 is 1. The van der Waals surface area contributed by atoms with E-state index >= 15 is 0 Å². The average Bonchev–Trinajstić information content (AvgIpc) is 2.73. The molecule has 0 aliphatic rings. The molecule has 0 unspecified atom stereocenters. The number of nitrogen functional groups attached to an aromatic ring is 1. The standard InChI is InChI=1S/C22H19F4N3O4/c1-12-9-16(20(27)29-18(12)11-31-2)21(30)28-13-3-5-14(6-4-13)32-15-7-8-19(17(23)10-15)33-22(24,25)26/h3-10H,11H2,1-2H3,(H2,27,29)(H,28,30). The van der Waals surface area contributed by atoms with Crippen LogP contribution >= 0.6 is 0 Å². The van der Waals surface area contributed by atoms with Gasteiger partial charge in [0.2, 0.25) is 0 Å². The number of hydrogen-bond donors (Lipinski definition) is 2. The second-order valence-corrected chi connectivity index (χ2v) is 6.84. The van der Waals surface area contributed by atoms with Crippen LogP contribution in [0.25, 0.3) is 0 Å². The first-order chi connectivity index (χ1) is 15.6. The number of pyridine rings is 1. The maximum absolute atomic E-state index is 13.8. The lowest BCUT2D eigenvalue weighted by molar-refractivity contribution is -0.275. The summed E-state index contributed by atoms with van der Waals surface area (Å²) in [6, 6.07) is 10.4. The third-order valence-corrected chi connectivity index (χ3v) is 4.35. The number of halogens is 4. The Hall–Kier alpha value is -3.86. The van der Waals surface area contributed by atoms with Gasteiger partial charge in [0.1, 0.15) is 17.3 Å². The SMILES string of the molecule is COCc1nc(N)c(C(=O)Nc2ccc(Oc3ccc(OC(F)(F)F)c(F)c3)cc2)cc1C. The number of carbonyl (C=O) groups excluding carboxylic acids is 1. The fourth-order valence-corrected chi connectivity index (χ4v) is 2.83. The van der Waals surface area contributed by atoms with Crippen LogP contribution in [0.15, 0.2) is 48.5 Å². The van der Waals surface area contributed by atoms with Gasteiger partial charge in [0.15, 0.2) is 11.6 Å². The van der Waals surface area contributed by atoms with Crippen LogP contribution in [0.5, 0.6) is 17.2 Å². The molecule has 0 fully saturated rings. The van der Waals surface area contributed by atoms with Crippen LogP contribution in [0.1, 0.15) is 21.6 Å². The van der Waals surface area contributed by atoms with Gasteiger partial charge in [-0.2, -0.15) is 0 Å². The van der Waals surface area contributed by atoms with Gasteiger partial charge < -0.3 is 25.3 Å². The highest BCUT2D eigenvalue weighted by Gasteiger charge is 2.32. The summed E-state index contributed by atoms with van der Waals surface area (Å²) in [6.45, 7) is 2.05. The summed E-state index contributed by atoms with van der Waals surface area (Å²) < 4.78 is 64.5. The lowest BCUT2D eigenvalue weighted by Gasteiger charge is -2.12. The van der Waals surface area contributed by atoms with Gasteiger partial charge in [-0.3, -0.25) is 4.79 Å². The molecule has 0 atom stereocenters. The molecule has 3 rings (SSSR count). The van der Waals surface area contributed by atoms with E-state index in [4.69, 9.17) is 15.2 Å². The number of hydrogen-bond acceptors (Lipinski definition) is 6. The van der Waals surface area contributed by atoms with Gasteiger partial charge in [-0.1, -0.05) is 0 Å². The first-order valence-electron chi connectivity index (χ1n) is 9.45. The van der Waals surface area contributed by atoms with E-state index in [1.807, 2.05) is 0 Å². The third-order valence-electron chi connectivity index (χ3n) is 4.35. The number of anilines is 2. The zero-order valence-electron chi connectivity index (χ0n) is 17.5. The van der Waals surface area contributed by atoms with Gasteiger partial charge in [-0.05, 0) is 55.0 Å². The summed E-state index contributed by atoms with van der Waals surface area (Å²) in [6.07, 6.45) is -5.01. The molecule has 174 valence electrons. The Morgan fingerprint density at radius 1 is 1.09 bits per heavy atom. The van der Waals surface area contributed by atoms with E-state index in [2.05, 4.69) is 15.0 Å². The molecular formula is C22H19F4N3O4. The smallest absolute Gasteiger partial charge is 0.457 e. The third kappa shape index (κ3) is 6.32. The topological polar surface area (TPSA) is 95.7 Å². The highest BCUT2D eigenvalue weighted by molar-refractivity contribution is 6.07. The van der Waals surface area contributed by atoms with E-state index in [-0.39, 0.29) is 29.5 Å². The van der Waals surface area contributed by atoms with Gasteiger partial charge >= 0.3 is 6.36 Å². The molecule has 3 N–H and O–H groups in total. The van der Waals surface area contributed by atoms with Crippen molar-refractivity contribution in [3.63, 3.8) is 0 Å². The maximum atomic E-state index is 13.8. The normalized spacial score (nSPS) is 11.2. The molecular weight excluding hydrogens is 446 g/mol. The van der Waals surface area contributed by atoms with E-state index < -0.39 is 23.8 Å². The number of carbonyl (C=O) groups is 1. The molecule has 1 aromatic heterocycles. The van der Waals surface area contributed by atoms with E-state index in [1.165, 1.54) is 31.4 Å². The fourth-order valence-electron chi connectivity index (χ4n) is 2.83. The van der Waals surface area contributed by atoms with Crippen LogP contribution in [0.2, 0.25) is 0 Å². The van der Waals surface area contributed by atoms with E-state index in [9.17, 15) is 22.4 Å². The predicted molar refractivity (Wildman–Crippen MR) is 112 cm³/mol. The van der Waals surface area contributed by atoms with E-state index in [0.717, 1.165) is 23.8 Å². The van der Waals surface area contributed by atoms with Gasteiger partial charge in [0, 0.05) is 18.9 Å². The fraction of sp³-hybridized carbons (Fsp3) is 0.182. The Balaban J connectivity index is 1.67. The van der Waals surface area contributed by atoms with E-state index in [0.29, 0.717) is 11.4 Å². The Bertz CT molecular complexity index is 1150. The summed E-state index contributed by atoms with van der Waals surface area (Å²) >= 11 is 0. The first-order valence-corrected chi connectivity index (χ1v) is 9.45. The molecule has 0 saturated carbocycles. The Morgan fingerprint density at radius 2 is 1.76 bits per heavy atom. The Morgan fingerprint density at radius 3 is 2.36 bits per heavy atom. The average molecular weight is 465 g/mol. The first kappa shape index (κ1) is 23.8. The zero-order valence-corrected chi connectivity index (χ0v) is 17.5. The molecule has 0 aliphatic heterocycles. The van der Waals surface area contributed by atoms with Crippen LogP contribution in [0.3, 0.4) is 0 Å². The zero-order chi connectivity index (χ0) is 24.2. The number of alkyl halides is 3. The number of aryl methyl sites for hydroxylation is 1. The predicted octanol–water partition coefficient (Wildman–Crippen LogP) is 5.20. The van der Waals surface area contributed by atoms with Gasteiger partial charge in [-0.25, -0.2) is 9.37 Å².